The smallest absolute Gasteiger partial charge is 0.320 e. The minimum absolute atomic E-state index is 0.192. The normalized spacial score (nSPS) is 18.0. The molecule has 0 radical (unpaired) electrons. The molecule has 0 aliphatic carbocycles. The van der Waals surface area contributed by atoms with Crippen molar-refractivity contribution in [2.24, 2.45) is 0 Å². The van der Waals surface area contributed by atoms with Crippen molar-refractivity contribution in [3.8, 4) is 16.3 Å². The molecule has 134 valence electrons. The number of aryl methyl sites for hydroxylation is 1. The number of carbonyl (C=O) groups excluding carboxylic acids is 1. The van der Waals surface area contributed by atoms with Crippen LogP contribution in [-0.2, 0) is 0 Å². The Bertz CT molecular complexity index is 746. The summed E-state index contributed by atoms with van der Waals surface area (Å²) in [6.07, 6.45) is 2.13. The van der Waals surface area contributed by atoms with Gasteiger partial charge in [0.15, 0.2) is 0 Å². The van der Waals surface area contributed by atoms with Crippen LogP contribution in [0.5, 0.6) is 5.75 Å². The number of amides is 2. The minimum Gasteiger partial charge on any atom is -0.496 e. The van der Waals surface area contributed by atoms with E-state index in [1.807, 2.05) is 30.5 Å². The third-order valence-electron chi connectivity index (χ3n) is 4.35. The minimum atomic E-state index is -0.192. The molecular weight excluding hydrogens is 336 g/mol. The van der Waals surface area contributed by atoms with E-state index in [0.717, 1.165) is 47.8 Å². The SMILES string of the molecule is COc1ccc(-c2nc(NC(=O)N[C@H]3CCCN(C)C3)cs2)cc1C. The average Bonchev–Trinajstić information content (AvgIpc) is 3.03. The fraction of sp³-hybridized carbons (Fsp3) is 0.444. The predicted molar refractivity (Wildman–Crippen MR) is 102 cm³/mol. The maximum absolute atomic E-state index is 12.2. The summed E-state index contributed by atoms with van der Waals surface area (Å²) in [5.41, 5.74) is 2.08. The molecule has 0 saturated carbocycles. The Kier molecular flexibility index (Phi) is 5.55. The largest absolute Gasteiger partial charge is 0.496 e. The topological polar surface area (TPSA) is 66.5 Å². The number of likely N-dealkylation sites (N-methyl/N-ethyl adjacent to an activating group) is 1. The van der Waals surface area contributed by atoms with Crippen molar-refractivity contribution in [2.75, 3.05) is 32.6 Å². The molecule has 7 heteroatoms. The number of ether oxygens (including phenoxy) is 1. The molecule has 2 heterocycles. The third kappa shape index (κ3) is 4.49. The van der Waals surface area contributed by atoms with E-state index in [-0.39, 0.29) is 12.1 Å². The van der Waals surface area contributed by atoms with Crippen LogP contribution in [0.4, 0.5) is 10.6 Å². The first-order chi connectivity index (χ1) is 12.0. The molecule has 2 aromatic rings. The van der Waals surface area contributed by atoms with Crippen molar-refractivity contribution in [3.05, 3.63) is 29.1 Å². The zero-order valence-corrected chi connectivity index (χ0v) is 15.7. The zero-order valence-electron chi connectivity index (χ0n) is 14.8. The number of hydrogen-bond acceptors (Lipinski definition) is 5. The van der Waals surface area contributed by atoms with Crippen molar-refractivity contribution >= 4 is 23.2 Å². The second-order valence-electron chi connectivity index (χ2n) is 6.42. The number of benzene rings is 1. The van der Waals surface area contributed by atoms with Crippen LogP contribution in [0.25, 0.3) is 10.6 Å². The fourth-order valence-electron chi connectivity index (χ4n) is 3.10. The van der Waals surface area contributed by atoms with Gasteiger partial charge in [0, 0.05) is 23.5 Å². The standard InChI is InChI=1S/C18H24N4O2S/c1-12-9-13(6-7-15(12)24-3)17-20-16(11-25-17)21-18(23)19-14-5-4-8-22(2)10-14/h6-7,9,11,14H,4-5,8,10H2,1-3H3,(H2,19,21,23)/t14-/m0/s1. The Morgan fingerprint density at radius 3 is 3.00 bits per heavy atom. The molecule has 2 N–H and O–H groups in total. The van der Waals surface area contributed by atoms with Gasteiger partial charge in [-0.1, -0.05) is 0 Å². The Labute approximate surface area is 152 Å². The second kappa shape index (κ2) is 7.84. The average molecular weight is 360 g/mol. The van der Waals surface area contributed by atoms with Gasteiger partial charge in [-0.15, -0.1) is 11.3 Å². The number of anilines is 1. The Hall–Kier alpha value is -2.12. The number of nitrogens with one attached hydrogen (secondary N) is 2. The molecule has 1 aliphatic rings. The lowest BCUT2D eigenvalue weighted by Gasteiger charge is -2.30. The van der Waals surface area contributed by atoms with Gasteiger partial charge in [-0.3, -0.25) is 5.32 Å². The number of likely N-dealkylation sites (tertiary alicyclic amines) is 1. The van der Waals surface area contributed by atoms with Gasteiger partial charge in [0.2, 0.25) is 0 Å². The van der Waals surface area contributed by atoms with E-state index in [1.54, 1.807) is 7.11 Å². The number of hydrogen-bond donors (Lipinski definition) is 2. The van der Waals surface area contributed by atoms with Crippen molar-refractivity contribution in [1.82, 2.24) is 15.2 Å². The molecule has 0 bridgehead atoms. The highest BCUT2D eigenvalue weighted by atomic mass is 32.1. The van der Waals surface area contributed by atoms with E-state index >= 15 is 0 Å². The maximum Gasteiger partial charge on any atom is 0.320 e. The highest BCUT2D eigenvalue weighted by Gasteiger charge is 2.19. The Balaban J connectivity index is 1.61. The second-order valence-corrected chi connectivity index (χ2v) is 7.28. The van der Waals surface area contributed by atoms with Gasteiger partial charge < -0.3 is 15.0 Å². The molecule has 1 aromatic carbocycles. The summed E-state index contributed by atoms with van der Waals surface area (Å²) >= 11 is 1.51. The highest BCUT2D eigenvalue weighted by Crippen LogP contribution is 2.29. The maximum atomic E-state index is 12.2. The molecule has 1 saturated heterocycles. The van der Waals surface area contributed by atoms with Crippen molar-refractivity contribution in [2.45, 2.75) is 25.8 Å². The molecule has 1 atom stereocenters. The first-order valence-corrected chi connectivity index (χ1v) is 9.29. The molecule has 1 aliphatic heterocycles. The molecule has 1 fully saturated rings. The number of thiazole rings is 1. The van der Waals surface area contributed by atoms with E-state index in [0.29, 0.717) is 5.82 Å². The van der Waals surface area contributed by atoms with Gasteiger partial charge in [0.25, 0.3) is 0 Å². The van der Waals surface area contributed by atoms with Crippen molar-refractivity contribution < 1.29 is 9.53 Å². The summed E-state index contributed by atoms with van der Waals surface area (Å²) in [5.74, 6) is 1.44. The molecule has 0 unspecified atom stereocenters. The summed E-state index contributed by atoms with van der Waals surface area (Å²) in [5, 5.41) is 8.60. The molecular formula is C18H24N4O2S. The monoisotopic (exact) mass is 360 g/mol. The fourth-order valence-corrected chi connectivity index (χ4v) is 3.85. The van der Waals surface area contributed by atoms with Crippen LogP contribution in [0.1, 0.15) is 18.4 Å². The quantitative estimate of drug-likeness (QED) is 0.878. The number of methoxy groups -OCH3 is 1. The van der Waals surface area contributed by atoms with Crippen LogP contribution in [0.2, 0.25) is 0 Å². The molecule has 2 amide bonds. The number of nitrogens with zero attached hydrogens (tertiary/aromatic N) is 2. The van der Waals surface area contributed by atoms with Crippen LogP contribution in [0.3, 0.4) is 0 Å². The molecule has 1 aromatic heterocycles. The summed E-state index contributed by atoms with van der Waals surface area (Å²) in [7, 11) is 3.74. The van der Waals surface area contributed by atoms with Crippen LogP contribution in [-0.4, -0.2) is 49.2 Å². The Morgan fingerprint density at radius 2 is 2.28 bits per heavy atom. The van der Waals surface area contributed by atoms with Crippen molar-refractivity contribution in [3.63, 3.8) is 0 Å². The van der Waals surface area contributed by atoms with Crippen LogP contribution in [0, 0.1) is 6.92 Å². The van der Waals surface area contributed by atoms with E-state index < -0.39 is 0 Å². The third-order valence-corrected chi connectivity index (χ3v) is 5.24. The van der Waals surface area contributed by atoms with Gasteiger partial charge in [-0.2, -0.15) is 0 Å². The molecule has 0 spiro atoms. The number of aromatic nitrogens is 1. The van der Waals surface area contributed by atoms with Gasteiger partial charge >= 0.3 is 6.03 Å². The highest BCUT2D eigenvalue weighted by molar-refractivity contribution is 7.13. The lowest BCUT2D eigenvalue weighted by atomic mass is 10.1. The van der Waals surface area contributed by atoms with Gasteiger partial charge in [0.1, 0.15) is 16.6 Å². The summed E-state index contributed by atoms with van der Waals surface area (Å²) in [6, 6.07) is 5.96. The van der Waals surface area contributed by atoms with Crippen LogP contribution >= 0.6 is 11.3 Å². The van der Waals surface area contributed by atoms with E-state index in [4.69, 9.17) is 4.74 Å². The van der Waals surface area contributed by atoms with Crippen LogP contribution < -0.4 is 15.4 Å². The Morgan fingerprint density at radius 1 is 1.44 bits per heavy atom. The number of piperidine rings is 1. The first kappa shape index (κ1) is 17.7. The number of rotatable bonds is 4. The first-order valence-electron chi connectivity index (χ1n) is 8.42. The predicted octanol–water partition coefficient (Wildman–Crippen LogP) is 3.34. The molecule has 6 nitrogen and oxygen atoms in total. The summed E-state index contributed by atoms with van der Waals surface area (Å²) in [6.45, 7) is 3.99. The number of urea groups is 1. The van der Waals surface area contributed by atoms with Gasteiger partial charge in [-0.25, -0.2) is 9.78 Å². The van der Waals surface area contributed by atoms with E-state index in [1.165, 1.54) is 11.3 Å². The van der Waals surface area contributed by atoms with Crippen molar-refractivity contribution in [1.29, 1.82) is 0 Å². The number of carbonyl (C=O) groups is 1. The lowest BCUT2D eigenvalue weighted by Crippen LogP contribution is -2.47. The summed E-state index contributed by atoms with van der Waals surface area (Å²) < 4.78 is 5.29. The van der Waals surface area contributed by atoms with Gasteiger partial charge in [-0.05, 0) is 57.1 Å². The van der Waals surface area contributed by atoms with Gasteiger partial charge in [0.05, 0.1) is 7.11 Å². The zero-order chi connectivity index (χ0) is 17.8. The lowest BCUT2D eigenvalue weighted by molar-refractivity contribution is 0.216. The molecule has 3 rings (SSSR count). The molecule has 25 heavy (non-hydrogen) atoms. The van der Waals surface area contributed by atoms with E-state index in [2.05, 4.69) is 27.6 Å². The van der Waals surface area contributed by atoms with Crippen LogP contribution in [0.15, 0.2) is 23.6 Å². The summed E-state index contributed by atoms with van der Waals surface area (Å²) in [4.78, 5) is 18.9. The van der Waals surface area contributed by atoms with E-state index in [9.17, 15) is 4.79 Å².